The summed E-state index contributed by atoms with van der Waals surface area (Å²) in [6.07, 6.45) is 0.318. The summed E-state index contributed by atoms with van der Waals surface area (Å²) >= 11 is 0. The second-order valence-corrected chi connectivity index (χ2v) is 8.99. The number of carbonyl (C=O) groups excluding carboxylic acids is 1. The van der Waals surface area contributed by atoms with Crippen LogP contribution in [-0.2, 0) is 19.5 Å². The Hall–Kier alpha value is -4.14. The fourth-order valence-electron chi connectivity index (χ4n) is 4.14. The van der Waals surface area contributed by atoms with Crippen LogP contribution < -0.4 is 22.1 Å². The van der Waals surface area contributed by atoms with Crippen LogP contribution in [0, 0.1) is 11.6 Å². The van der Waals surface area contributed by atoms with Gasteiger partial charge in [-0.2, -0.15) is 0 Å². The summed E-state index contributed by atoms with van der Waals surface area (Å²) in [7, 11) is 0. The molecule has 0 radical (unpaired) electrons. The standard InChI is InChI=1S/C26H28F2N6O/c1-26(13-19-9-10-20(27)11-23(19)28)16-34(24(30)33-26)15-18-7-5-17(6-8-18)14-31-25(35)32-22-4-2-3-21(29)12-22/h2-12H,13-16,29H2,1H3,(H2,30,33)(H2,31,32,35)/t26-/m1/s1. The van der Waals surface area contributed by atoms with E-state index in [0.29, 0.717) is 49.0 Å². The van der Waals surface area contributed by atoms with E-state index in [1.807, 2.05) is 36.1 Å². The molecule has 0 unspecified atom stereocenters. The van der Waals surface area contributed by atoms with Gasteiger partial charge >= 0.3 is 6.03 Å². The van der Waals surface area contributed by atoms with Gasteiger partial charge in [0.05, 0.1) is 5.54 Å². The Morgan fingerprint density at radius 2 is 1.80 bits per heavy atom. The minimum Gasteiger partial charge on any atom is -0.399 e. The molecule has 0 aliphatic carbocycles. The maximum Gasteiger partial charge on any atom is 0.319 e. The average molecular weight is 479 g/mol. The fraction of sp³-hybridized carbons (Fsp3) is 0.231. The lowest BCUT2D eigenvalue weighted by Crippen LogP contribution is -2.37. The topological polar surface area (TPSA) is 109 Å². The third-order valence-electron chi connectivity index (χ3n) is 5.82. The van der Waals surface area contributed by atoms with Crippen LogP contribution in [-0.4, -0.2) is 29.0 Å². The number of guanidine groups is 1. The molecule has 35 heavy (non-hydrogen) atoms. The van der Waals surface area contributed by atoms with Gasteiger partial charge in [-0.15, -0.1) is 0 Å². The Morgan fingerprint density at radius 1 is 1.06 bits per heavy atom. The molecule has 0 spiro atoms. The van der Waals surface area contributed by atoms with Gasteiger partial charge in [0.2, 0.25) is 0 Å². The molecule has 1 heterocycles. The van der Waals surface area contributed by atoms with Gasteiger partial charge in [-0.3, -0.25) is 0 Å². The third-order valence-corrected chi connectivity index (χ3v) is 5.82. The van der Waals surface area contributed by atoms with Gasteiger partial charge in [-0.05, 0) is 47.9 Å². The lowest BCUT2D eigenvalue weighted by atomic mass is 9.93. The van der Waals surface area contributed by atoms with Crippen LogP contribution in [0.5, 0.6) is 0 Å². The highest BCUT2D eigenvalue weighted by atomic mass is 19.1. The maximum absolute atomic E-state index is 14.1. The fourth-order valence-corrected chi connectivity index (χ4v) is 4.14. The first kappa shape index (κ1) is 24.0. The molecular formula is C26H28F2N6O. The van der Waals surface area contributed by atoms with E-state index in [-0.39, 0.29) is 6.03 Å². The molecule has 2 amide bonds. The normalized spacial score (nSPS) is 17.2. The molecule has 3 aromatic rings. The molecular weight excluding hydrogens is 450 g/mol. The van der Waals surface area contributed by atoms with Gasteiger partial charge in [0.15, 0.2) is 5.96 Å². The van der Waals surface area contributed by atoms with Crippen molar-refractivity contribution in [1.29, 1.82) is 0 Å². The number of nitrogens with two attached hydrogens (primary N) is 2. The number of hydrogen-bond donors (Lipinski definition) is 4. The first-order chi connectivity index (χ1) is 16.7. The first-order valence-corrected chi connectivity index (χ1v) is 11.2. The van der Waals surface area contributed by atoms with Crippen molar-refractivity contribution in [2.24, 2.45) is 10.7 Å². The molecule has 0 bridgehead atoms. The van der Waals surface area contributed by atoms with Gasteiger partial charge in [-0.25, -0.2) is 18.6 Å². The highest BCUT2D eigenvalue weighted by molar-refractivity contribution is 5.89. The maximum atomic E-state index is 14.1. The molecule has 7 nitrogen and oxygen atoms in total. The monoisotopic (exact) mass is 478 g/mol. The van der Waals surface area contributed by atoms with Crippen molar-refractivity contribution >= 4 is 23.4 Å². The Labute approximate surface area is 202 Å². The molecule has 1 aliphatic heterocycles. The molecule has 1 aliphatic rings. The molecule has 9 heteroatoms. The molecule has 1 atom stereocenters. The lowest BCUT2D eigenvalue weighted by Gasteiger charge is -2.24. The number of hydrogen-bond acceptors (Lipinski definition) is 5. The van der Waals surface area contributed by atoms with Gasteiger partial charge in [0, 0.05) is 43.5 Å². The van der Waals surface area contributed by atoms with Crippen molar-refractivity contribution in [3.8, 4) is 0 Å². The predicted octanol–water partition coefficient (Wildman–Crippen LogP) is 4.00. The average Bonchev–Trinajstić information content (AvgIpc) is 3.08. The van der Waals surface area contributed by atoms with E-state index in [1.165, 1.54) is 12.1 Å². The molecule has 182 valence electrons. The second-order valence-electron chi connectivity index (χ2n) is 8.99. The van der Waals surface area contributed by atoms with Crippen molar-refractivity contribution in [1.82, 2.24) is 10.2 Å². The van der Waals surface area contributed by atoms with E-state index in [0.717, 1.165) is 17.2 Å². The quantitative estimate of drug-likeness (QED) is 0.385. The summed E-state index contributed by atoms with van der Waals surface area (Å²) in [5, 5.41) is 5.56. The van der Waals surface area contributed by atoms with Crippen molar-refractivity contribution in [2.45, 2.75) is 32.0 Å². The number of nitrogen functional groups attached to an aromatic ring is 1. The summed E-state index contributed by atoms with van der Waals surface area (Å²) in [6, 6.07) is 18.0. The number of rotatable bonds is 7. The number of anilines is 2. The minimum absolute atomic E-state index is 0.318. The molecule has 6 N–H and O–H groups in total. The van der Waals surface area contributed by atoms with Crippen LogP contribution in [0.25, 0.3) is 0 Å². The van der Waals surface area contributed by atoms with Gasteiger partial charge in [0.25, 0.3) is 0 Å². The van der Waals surface area contributed by atoms with Crippen molar-refractivity contribution in [2.75, 3.05) is 17.6 Å². The molecule has 4 rings (SSSR count). The molecule has 0 saturated heterocycles. The largest absolute Gasteiger partial charge is 0.399 e. The Bertz CT molecular complexity index is 1250. The van der Waals surface area contributed by atoms with E-state index >= 15 is 0 Å². The highest BCUT2D eigenvalue weighted by Crippen LogP contribution is 2.27. The lowest BCUT2D eigenvalue weighted by molar-refractivity contribution is 0.251. The van der Waals surface area contributed by atoms with Crippen LogP contribution in [0.2, 0.25) is 0 Å². The van der Waals surface area contributed by atoms with E-state index < -0.39 is 17.2 Å². The van der Waals surface area contributed by atoms with E-state index in [1.54, 1.807) is 24.3 Å². The number of benzene rings is 3. The van der Waals surface area contributed by atoms with E-state index in [9.17, 15) is 13.6 Å². The van der Waals surface area contributed by atoms with E-state index in [4.69, 9.17) is 11.5 Å². The van der Waals surface area contributed by atoms with Crippen molar-refractivity contribution < 1.29 is 13.6 Å². The Morgan fingerprint density at radius 3 is 2.51 bits per heavy atom. The minimum atomic E-state index is -0.608. The zero-order valence-electron chi connectivity index (χ0n) is 19.4. The summed E-state index contributed by atoms with van der Waals surface area (Å²) in [6.45, 7) is 3.33. The van der Waals surface area contributed by atoms with Gasteiger partial charge in [0.1, 0.15) is 11.6 Å². The zero-order chi connectivity index (χ0) is 25.0. The van der Waals surface area contributed by atoms with E-state index in [2.05, 4.69) is 15.6 Å². The highest BCUT2D eigenvalue weighted by Gasteiger charge is 2.35. The summed E-state index contributed by atoms with van der Waals surface area (Å²) < 4.78 is 27.3. The summed E-state index contributed by atoms with van der Waals surface area (Å²) in [5.41, 5.74) is 14.8. The molecule has 0 aromatic heterocycles. The van der Waals surface area contributed by atoms with Gasteiger partial charge in [-0.1, -0.05) is 36.4 Å². The molecule has 0 saturated carbocycles. The Balaban J connectivity index is 1.29. The molecule has 3 aromatic carbocycles. The van der Waals surface area contributed by atoms with Crippen LogP contribution >= 0.6 is 0 Å². The number of carbonyl (C=O) groups is 1. The van der Waals surface area contributed by atoms with Crippen molar-refractivity contribution in [3.05, 3.63) is 95.1 Å². The number of urea groups is 1. The summed E-state index contributed by atoms with van der Waals surface area (Å²) in [5.74, 6) is -0.795. The first-order valence-electron chi connectivity index (χ1n) is 11.2. The smallest absolute Gasteiger partial charge is 0.319 e. The molecule has 0 fully saturated rings. The SMILES string of the molecule is C[C@@]1(Cc2ccc(F)cc2F)CN(Cc2ccc(CNC(=O)Nc3cccc(N)c3)cc2)C(N)=N1. The van der Waals surface area contributed by atoms with Crippen LogP contribution in [0.3, 0.4) is 0 Å². The van der Waals surface area contributed by atoms with Crippen molar-refractivity contribution in [3.63, 3.8) is 0 Å². The number of amides is 2. The number of halogens is 2. The number of nitrogens with zero attached hydrogens (tertiary/aromatic N) is 2. The van der Waals surface area contributed by atoms with Gasteiger partial charge < -0.3 is 27.0 Å². The number of nitrogens with one attached hydrogen (secondary N) is 2. The predicted molar refractivity (Wildman–Crippen MR) is 134 cm³/mol. The second kappa shape index (κ2) is 10.0. The summed E-state index contributed by atoms with van der Waals surface area (Å²) in [4.78, 5) is 18.6. The third kappa shape index (κ3) is 6.26. The number of aliphatic imine (C=N–C) groups is 1. The van der Waals surface area contributed by atoms with Crippen LogP contribution in [0.1, 0.15) is 23.6 Å². The van der Waals surface area contributed by atoms with Crippen LogP contribution in [0.15, 0.2) is 71.7 Å². The zero-order valence-corrected chi connectivity index (χ0v) is 19.4. The van der Waals surface area contributed by atoms with Crippen LogP contribution in [0.4, 0.5) is 25.0 Å². The Kier molecular flexibility index (Phi) is 6.86.